The van der Waals surface area contributed by atoms with E-state index in [0.29, 0.717) is 18.4 Å². The summed E-state index contributed by atoms with van der Waals surface area (Å²) in [4.78, 5) is 22.5. The molecule has 1 saturated carbocycles. The van der Waals surface area contributed by atoms with Gasteiger partial charge in [0, 0.05) is 67.7 Å². The normalized spacial score (nSPS) is 20.0. The Hall–Kier alpha value is -3.47. The van der Waals surface area contributed by atoms with Gasteiger partial charge in [-0.3, -0.25) is 4.79 Å². The zero-order chi connectivity index (χ0) is 37.7. The standard InChI is InChI=1S/C46H69N3O2/c1-14-47(15-2)36-24-21-33(10)40(29-36)43-39(32(8)9)27-28-45(13,44(50)51-20-7)46(43,41-30-37(25-22-34(41)11)48(16-3)17-4)42-31-38(26-23-35(42)12)49(18-5)19-6/h21-26,29-32,39,43H,14-20,27-28H2,1-13H3. The number of aryl methyl sites for hydroxylation is 3. The fraction of sp³-hybridized carbons (Fsp3) is 0.587. The van der Waals surface area contributed by atoms with Gasteiger partial charge >= 0.3 is 5.97 Å². The molecule has 280 valence electrons. The number of anilines is 3. The molecule has 3 atom stereocenters. The average molecular weight is 696 g/mol. The van der Waals surface area contributed by atoms with Crippen molar-refractivity contribution in [1.29, 1.82) is 0 Å². The third kappa shape index (κ3) is 7.16. The Kier molecular flexibility index (Phi) is 13.4. The van der Waals surface area contributed by atoms with E-state index in [0.717, 1.165) is 52.1 Å². The van der Waals surface area contributed by atoms with Crippen molar-refractivity contribution >= 4 is 23.0 Å². The minimum atomic E-state index is -0.851. The van der Waals surface area contributed by atoms with Gasteiger partial charge in [-0.1, -0.05) is 32.0 Å². The molecule has 51 heavy (non-hydrogen) atoms. The Bertz CT molecular complexity index is 1560. The van der Waals surface area contributed by atoms with Crippen LogP contribution in [-0.4, -0.2) is 51.8 Å². The molecular formula is C46H69N3O2. The fourth-order valence-corrected chi connectivity index (χ4v) is 9.68. The van der Waals surface area contributed by atoms with E-state index >= 15 is 4.79 Å². The van der Waals surface area contributed by atoms with Gasteiger partial charge in [-0.2, -0.15) is 0 Å². The average Bonchev–Trinajstić information content (AvgIpc) is 3.12. The summed E-state index contributed by atoms with van der Waals surface area (Å²) in [5.41, 5.74) is 9.68. The molecule has 3 aromatic rings. The van der Waals surface area contributed by atoms with Crippen molar-refractivity contribution in [3.8, 4) is 0 Å². The maximum absolute atomic E-state index is 15.1. The van der Waals surface area contributed by atoms with Crippen LogP contribution in [0.15, 0.2) is 54.6 Å². The van der Waals surface area contributed by atoms with E-state index in [1.54, 1.807) is 0 Å². The zero-order valence-corrected chi connectivity index (χ0v) is 34.5. The molecule has 0 amide bonds. The van der Waals surface area contributed by atoms with E-state index in [9.17, 15) is 0 Å². The summed E-state index contributed by atoms with van der Waals surface area (Å²) in [6.45, 7) is 35.2. The van der Waals surface area contributed by atoms with Crippen LogP contribution in [0.1, 0.15) is 121 Å². The van der Waals surface area contributed by atoms with Crippen LogP contribution in [0, 0.1) is 38.0 Å². The number of nitrogens with zero attached hydrogens (tertiary/aromatic N) is 3. The van der Waals surface area contributed by atoms with E-state index in [4.69, 9.17) is 4.74 Å². The quantitative estimate of drug-likeness (QED) is 0.148. The van der Waals surface area contributed by atoms with Gasteiger partial charge in [0.15, 0.2) is 0 Å². The van der Waals surface area contributed by atoms with Gasteiger partial charge in [0.05, 0.1) is 12.0 Å². The van der Waals surface area contributed by atoms with Gasteiger partial charge in [-0.05, 0) is 171 Å². The molecule has 0 aliphatic heterocycles. The predicted octanol–water partition coefficient (Wildman–Crippen LogP) is 10.9. The number of carbonyl (C=O) groups excluding carboxylic acids is 1. The summed E-state index contributed by atoms with van der Waals surface area (Å²) >= 11 is 0. The highest BCUT2D eigenvalue weighted by molar-refractivity contribution is 5.83. The third-order valence-corrected chi connectivity index (χ3v) is 12.6. The number of rotatable bonds is 15. The van der Waals surface area contributed by atoms with Crippen molar-refractivity contribution in [3.05, 3.63) is 88.0 Å². The van der Waals surface area contributed by atoms with Crippen molar-refractivity contribution < 1.29 is 9.53 Å². The Labute approximate surface area is 311 Å². The van der Waals surface area contributed by atoms with Crippen molar-refractivity contribution in [1.82, 2.24) is 0 Å². The van der Waals surface area contributed by atoms with Gasteiger partial charge in [0.2, 0.25) is 0 Å². The van der Waals surface area contributed by atoms with Crippen LogP contribution in [0.3, 0.4) is 0 Å². The van der Waals surface area contributed by atoms with Gasteiger partial charge in [0.1, 0.15) is 0 Å². The van der Waals surface area contributed by atoms with Crippen LogP contribution >= 0.6 is 0 Å². The second-order valence-electron chi connectivity index (χ2n) is 15.3. The zero-order valence-electron chi connectivity index (χ0n) is 34.5. The van der Waals surface area contributed by atoms with E-state index in [1.807, 2.05) is 6.92 Å². The molecule has 1 fully saturated rings. The van der Waals surface area contributed by atoms with Gasteiger partial charge in [0.25, 0.3) is 0 Å². The third-order valence-electron chi connectivity index (χ3n) is 12.6. The largest absolute Gasteiger partial charge is 0.466 e. The fourth-order valence-electron chi connectivity index (χ4n) is 9.68. The van der Waals surface area contributed by atoms with Crippen LogP contribution in [0.25, 0.3) is 0 Å². The molecule has 0 radical (unpaired) electrons. The molecule has 3 unspecified atom stereocenters. The maximum Gasteiger partial charge on any atom is 0.313 e. The lowest BCUT2D eigenvalue weighted by molar-refractivity contribution is -0.163. The lowest BCUT2D eigenvalue weighted by atomic mass is 9.42. The molecule has 1 aliphatic rings. The monoisotopic (exact) mass is 696 g/mol. The van der Waals surface area contributed by atoms with E-state index in [1.165, 1.54) is 50.4 Å². The molecule has 0 heterocycles. The number of ether oxygens (including phenoxy) is 1. The summed E-state index contributed by atoms with van der Waals surface area (Å²) in [6.07, 6.45) is 1.71. The van der Waals surface area contributed by atoms with Crippen molar-refractivity contribution in [2.75, 3.05) is 60.6 Å². The summed E-state index contributed by atoms with van der Waals surface area (Å²) in [6, 6.07) is 21.2. The highest BCUT2D eigenvalue weighted by Crippen LogP contribution is 2.67. The second-order valence-corrected chi connectivity index (χ2v) is 15.3. The highest BCUT2D eigenvalue weighted by Gasteiger charge is 2.65. The first kappa shape index (κ1) is 40.3. The maximum atomic E-state index is 15.1. The molecule has 5 heteroatoms. The number of hydrogen-bond acceptors (Lipinski definition) is 5. The number of esters is 1. The Morgan fingerprint density at radius 2 is 1.10 bits per heavy atom. The molecule has 1 aliphatic carbocycles. The molecule has 5 nitrogen and oxygen atoms in total. The molecule has 0 spiro atoms. The lowest BCUT2D eigenvalue weighted by Gasteiger charge is -2.60. The number of hydrogen-bond donors (Lipinski definition) is 0. The number of benzene rings is 3. The van der Waals surface area contributed by atoms with Crippen molar-refractivity contribution in [2.24, 2.45) is 17.3 Å². The molecule has 4 rings (SSSR count). The molecular weight excluding hydrogens is 627 g/mol. The Balaban J connectivity index is 2.37. The smallest absolute Gasteiger partial charge is 0.313 e. The highest BCUT2D eigenvalue weighted by atomic mass is 16.5. The van der Waals surface area contributed by atoms with E-state index in [2.05, 4.69) is 152 Å². The Morgan fingerprint density at radius 1 is 0.686 bits per heavy atom. The molecule has 0 N–H and O–H groups in total. The summed E-state index contributed by atoms with van der Waals surface area (Å²) in [5, 5.41) is 0. The van der Waals surface area contributed by atoms with Gasteiger partial charge < -0.3 is 19.4 Å². The first-order chi connectivity index (χ1) is 24.3. The van der Waals surface area contributed by atoms with Gasteiger partial charge in [-0.15, -0.1) is 0 Å². The van der Waals surface area contributed by atoms with Crippen LogP contribution in [0.4, 0.5) is 17.1 Å². The first-order valence-corrected chi connectivity index (χ1v) is 20.1. The second kappa shape index (κ2) is 16.9. The first-order valence-electron chi connectivity index (χ1n) is 20.1. The summed E-state index contributed by atoms with van der Waals surface area (Å²) < 4.78 is 6.24. The minimum Gasteiger partial charge on any atom is -0.466 e. The molecule has 0 saturated heterocycles. The van der Waals surface area contributed by atoms with Gasteiger partial charge in [-0.25, -0.2) is 0 Å². The van der Waals surface area contributed by atoms with Crippen LogP contribution in [0.5, 0.6) is 0 Å². The van der Waals surface area contributed by atoms with Crippen LogP contribution < -0.4 is 14.7 Å². The van der Waals surface area contributed by atoms with Crippen molar-refractivity contribution in [2.45, 2.75) is 114 Å². The topological polar surface area (TPSA) is 36.0 Å². The van der Waals surface area contributed by atoms with Crippen molar-refractivity contribution in [3.63, 3.8) is 0 Å². The summed E-state index contributed by atoms with van der Waals surface area (Å²) in [7, 11) is 0. The number of carbonyl (C=O) groups is 1. The minimum absolute atomic E-state index is 0.00692. The van der Waals surface area contributed by atoms with E-state index < -0.39 is 10.8 Å². The molecule has 0 bridgehead atoms. The SMILES string of the molecule is CCOC(=O)C1(C)CCC(C(C)C)C(c2cc(N(CC)CC)ccc2C)C1(c1cc(N(CC)CC)ccc1C)c1cc(N(CC)CC)ccc1C. The van der Waals surface area contributed by atoms with E-state index in [-0.39, 0.29) is 11.9 Å². The predicted molar refractivity (Wildman–Crippen MR) is 220 cm³/mol. The van der Waals surface area contributed by atoms with Crippen LogP contribution in [-0.2, 0) is 14.9 Å². The summed E-state index contributed by atoms with van der Waals surface area (Å²) in [5.74, 6) is 0.642. The lowest BCUT2D eigenvalue weighted by Crippen LogP contribution is -2.60. The Morgan fingerprint density at radius 3 is 1.49 bits per heavy atom. The molecule has 3 aromatic carbocycles. The molecule has 0 aromatic heterocycles. The van der Waals surface area contributed by atoms with Crippen LogP contribution in [0.2, 0.25) is 0 Å².